The summed E-state index contributed by atoms with van der Waals surface area (Å²) in [6.07, 6.45) is 11.6. The zero-order valence-electron chi connectivity index (χ0n) is 21.2. The molecule has 0 radical (unpaired) electrons. The van der Waals surface area contributed by atoms with Crippen molar-refractivity contribution in [2.45, 2.75) is 76.6 Å². The number of unbranched alkanes of at least 4 members (excludes halogenated alkanes) is 1. The fraction of sp³-hybridized carbons (Fsp3) is 0.562. The SMILES string of the molecule is C=CCCCC1CC2(OCCO2)C2(C)CCC3c4ccc(OCc5ccccc5)cc4CCC3C12. The lowest BCUT2D eigenvalue weighted by atomic mass is 9.53. The maximum Gasteiger partial charge on any atom is 0.174 e. The van der Waals surface area contributed by atoms with Gasteiger partial charge in [0, 0.05) is 11.8 Å². The van der Waals surface area contributed by atoms with E-state index in [1.54, 1.807) is 5.56 Å². The van der Waals surface area contributed by atoms with Crippen LogP contribution in [0.3, 0.4) is 0 Å². The van der Waals surface area contributed by atoms with E-state index >= 15 is 0 Å². The van der Waals surface area contributed by atoms with Crippen molar-refractivity contribution in [3.05, 3.63) is 77.9 Å². The Morgan fingerprint density at radius 2 is 1.91 bits per heavy atom. The topological polar surface area (TPSA) is 27.7 Å². The third-order valence-electron chi connectivity index (χ3n) is 9.84. The number of allylic oxidation sites excluding steroid dienone is 1. The van der Waals surface area contributed by atoms with Crippen LogP contribution in [0.2, 0.25) is 0 Å². The molecule has 0 aromatic heterocycles. The van der Waals surface area contributed by atoms with Crippen LogP contribution in [-0.4, -0.2) is 19.0 Å². The largest absolute Gasteiger partial charge is 0.489 e. The number of ether oxygens (including phenoxy) is 3. The summed E-state index contributed by atoms with van der Waals surface area (Å²) in [5.41, 5.74) is 4.42. The van der Waals surface area contributed by atoms with Gasteiger partial charge in [0.05, 0.1) is 13.2 Å². The molecule has 3 heteroatoms. The quantitative estimate of drug-likeness (QED) is 0.309. The Balaban J connectivity index is 1.24. The number of aryl methyl sites for hydroxylation is 1. The van der Waals surface area contributed by atoms with Crippen LogP contribution < -0.4 is 4.74 Å². The molecule has 3 fully saturated rings. The van der Waals surface area contributed by atoms with E-state index in [2.05, 4.69) is 68.1 Å². The minimum Gasteiger partial charge on any atom is -0.489 e. The second kappa shape index (κ2) is 9.41. The van der Waals surface area contributed by atoms with Gasteiger partial charge in [0.1, 0.15) is 12.4 Å². The van der Waals surface area contributed by atoms with E-state index < -0.39 is 0 Å². The number of benzene rings is 2. The van der Waals surface area contributed by atoms with Crippen LogP contribution in [0.15, 0.2) is 61.2 Å². The fourth-order valence-electron chi connectivity index (χ4n) is 8.37. The van der Waals surface area contributed by atoms with Crippen molar-refractivity contribution >= 4 is 0 Å². The highest BCUT2D eigenvalue weighted by Crippen LogP contribution is 2.68. The van der Waals surface area contributed by atoms with Crippen LogP contribution in [0.25, 0.3) is 0 Å². The first-order valence-corrected chi connectivity index (χ1v) is 13.8. The minimum absolute atomic E-state index is 0.125. The van der Waals surface area contributed by atoms with Gasteiger partial charge in [-0.25, -0.2) is 0 Å². The maximum atomic E-state index is 6.48. The third-order valence-corrected chi connectivity index (χ3v) is 9.84. The summed E-state index contributed by atoms with van der Waals surface area (Å²) >= 11 is 0. The molecule has 35 heavy (non-hydrogen) atoms. The number of rotatable bonds is 7. The number of hydrogen-bond donors (Lipinski definition) is 0. The van der Waals surface area contributed by atoms with Crippen LogP contribution in [0.1, 0.15) is 74.5 Å². The van der Waals surface area contributed by atoms with Gasteiger partial charge in [-0.15, -0.1) is 6.58 Å². The third kappa shape index (κ3) is 3.96. The lowest BCUT2D eigenvalue weighted by Crippen LogP contribution is -2.51. The van der Waals surface area contributed by atoms with E-state index in [-0.39, 0.29) is 11.2 Å². The first-order valence-electron chi connectivity index (χ1n) is 13.8. The van der Waals surface area contributed by atoms with Crippen molar-refractivity contribution in [2.24, 2.45) is 23.2 Å². The zero-order valence-corrected chi connectivity index (χ0v) is 21.2. The van der Waals surface area contributed by atoms with E-state index in [9.17, 15) is 0 Å². The summed E-state index contributed by atoms with van der Waals surface area (Å²) < 4.78 is 19.1. The highest BCUT2D eigenvalue weighted by atomic mass is 16.7. The van der Waals surface area contributed by atoms with Crippen molar-refractivity contribution in [3.8, 4) is 5.75 Å². The second-order valence-electron chi connectivity index (χ2n) is 11.6. The van der Waals surface area contributed by atoms with Gasteiger partial charge in [0.2, 0.25) is 0 Å². The highest BCUT2D eigenvalue weighted by Gasteiger charge is 2.68. The first-order chi connectivity index (χ1) is 17.1. The van der Waals surface area contributed by atoms with Crippen LogP contribution in [0.4, 0.5) is 0 Å². The molecule has 0 amide bonds. The predicted molar refractivity (Wildman–Crippen MR) is 139 cm³/mol. The summed E-state index contributed by atoms with van der Waals surface area (Å²) in [5, 5.41) is 0. The van der Waals surface area contributed by atoms with Gasteiger partial charge in [-0.3, -0.25) is 0 Å². The van der Waals surface area contributed by atoms with Crippen molar-refractivity contribution < 1.29 is 14.2 Å². The molecular formula is C32H40O3. The average Bonchev–Trinajstić information content (AvgIpc) is 3.46. The molecule has 6 rings (SSSR count). The molecule has 1 saturated heterocycles. The van der Waals surface area contributed by atoms with Crippen LogP contribution in [0.5, 0.6) is 5.75 Å². The summed E-state index contributed by atoms with van der Waals surface area (Å²) in [7, 11) is 0. The first kappa shape index (κ1) is 23.3. The standard InChI is InChI=1S/C32H40O3/c1-3-4-6-11-25-21-32(34-18-19-35-32)31(2)17-16-28-27-15-13-26(33-22-23-9-7-5-8-10-23)20-24(27)12-14-29(28)30(25)31/h3,5,7-10,13,15,20,25,28-30H,1,4,6,11-12,14,16-19,21-22H2,2H3. The highest BCUT2D eigenvalue weighted by molar-refractivity contribution is 5.41. The Morgan fingerprint density at radius 1 is 1.09 bits per heavy atom. The Kier molecular flexibility index (Phi) is 6.26. The molecule has 0 bridgehead atoms. The molecule has 186 valence electrons. The number of fused-ring (bicyclic) bond motifs is 6. The summed E-state index contributed by atoms with van der Waals surface area (Å²) in [6, 6.07) is 17.4. The number of hydrogen-bond acceptors (Lipinski definition) is 3. The molecule has 2 saturated carbocycles. The van der Waals surface area contributed by atoms with Gasteiger partial charge in [0.15, 0.2) is 5.79 Å². The fourth-order valence-corrected chi connectivity index (χ4v) is 8.37. The average molecular weight is 473 g/mol. The summed E-state index contributed by atoms with van der Waals surface area (Å²) in [4.78, 5) is 0. The second-order valence-corrected chi connectivity index (χ2v) is 11.6. The smallest absolute Gasteiger partial charge is 0.174 e. The lowest BCUT2D eigenvalue weighted by Gasteiger charge is -2.53. The van der Waals surface area contributed by atoms with E-state index in [1.165, 1.54) is 43.2 Å². The molecule has 5 atom stereocenters. The van der Waals surface area contributed by atoms with E-state index in [1.807, 2.05) is 0 Å². The Hall–Kier alpha value is -2.10. The molecular weight excluding hydrogens is 432 g/mol. The summed E-state index contributed by atoms with van der Waals surface area (Å²) in [5.74, 6) is 3.38. The molecule has 1 aliphatic heterocycles. The normalized spacial score (nSPS) is 32.6. The van der Waals surface area contributed by atoms with Crippen LogP contribution in [0, 0.1) is 23.2 Å². The van der Waals surface area contributed by atoms with Gasteiger partial charge in [-0.2, -0.15) is 0 Å². The lowest BCUT2D eigenvalue weighted by molar-refractivity contribution is -0.237. The summed E-state index contributed by atoms with van der Waals surface area (Å²) in [6.45, 7) is 8.60. The van der Waals surface area contributed by atoms with Gasteiger partial charge < -0.3 is 14.2 Å². The molecule has 5 unspecified atom stereocenters. The van der Waals surface area contributed by atoms with E-state index in [0.29, 0.717) is 24.4 Å². The molecule has 3 aliphatic carbocycles. The van der Waals surface area contributed by atoms with Gasteiger partial charge >= 0.3 is 0 Å². The van der Waals surface area contributed by atoms with Gasteiger partial charge in [0.25, 0.3) is 0 Å². The van der Waals surface area contributed by atoms with Crippen molar-refractivity contribution in [1.82, 2.24) is 0 Å². The minimum atomic E-state index is -0.350. The maximum absolute atomic E-state index is 6.48. The molecule has 2 aromatic carbocycles. The van der Waals surface area contributed by atoms with Gasteiger partial charge in [-0.1, -0.05) is 49.4 Å². The Morgan fingerprint density at radius 3 is 2.71 bits per heavy atom. The van der Waals surface area contributed by atoms with Crippen molar-refractivity contribution in [1.29, 1.82) is 0 Å². The molecule has 2 aromatic rings. The molecule has 4 aliphatic rings. The Bertz CT molecular complexity index is 1040. The van der Waals surface area contributed by atoms with Crippen molar-refractivity contribution in [2.75, 3.05) is 13.2 Å². The Labute approximate surface area is 210 Å². The molecule has 3 nitrogen and oxygen atoms in total. The molecule has 1 heterocycles. The monoisotopic (exact) mass is 472 g/mol. The molecule has 1 spiro atoms. The van der Waals surface area contributed by atoms with Crippen LogP contribution in [-0.2, 0) is 22.5 Å². The van der Waals surface area contributed by atoms with Gasteiger partial charge in [-0.05, 0) is 97.4 Å². The molecule has 0 N–H and O–H groups in total. The zero-order chi connectivity index (χ0) is 23.9. The van der Waals surface area contributed by atoms with Crippen LogP contribution >= 0.6 is 0 Å². The van der Waals surface area contributed by atoms with E-state index in [4.69, 9.17) is 14.2 Å². The van der Waals surface area contributed by atoms with Crippen molar-refractivity contribution in [3.63, 3.8) is 0 Å². The predicted octanol–water partition coefficient (Wildman–Crippen LogP) is 7.45. The van der Waals surface area contributed by atoms with E-state index in [0.717, 1.165) is 44.1 Å².